The van der Waals surface area contributed by atoms with Crippen molar-refractivity contribution in [3.8, 4) is 0 Å². The molecule has 1 aliphatic carbocycles. The van der Waals surface area contributed by atoms with Gasteiger partial charge in [0, 0.05) is 38.9 Å². The number of hydrogen-bond donors (Lipinski definition) is 2. The number of carbonyl (C=O) groups is 1. The minimum absolute atomic E-state index is 0.113. The van der Waals surface area contributed by atoms with E-state index in [9.17, 15) is 18.7 Å². The molecule has 2 rings (SSSR count). The average molecular weight is 262 g/mol. The van der Waals surface area contributed by atoms with E-state index in [0.29, 0.717) is 13.1 Å². The normalized spacial score (nSPS) is 32.4. The molecule has 2 N–H and O–H groups in total. The maximum atomic E-state index is 13.0. The highest BCUT2D eigenvalue weighted by Gasteiger charge is 2.40. The molecular weight excluding hydrogens is 242 g/mol. The SMILES string of the molecule is CN(C(=O)C1CCC(F)(F)CC1)[C@H]1CNC[C@@H]1O. The van der Waals surface area contributed by atoms with E-state index >= 15 is 0 Å². The van der Waals surface area contributed by atoms with E-state index in [4.69, 9.17) is 0 Å². The van der Waals surface area contributed by atoms with Gasteiger partial charge in [0.05, 0.1) is 12.1 Å². The Hall–Kier alpha value is -0.750. The molecule has 4 nitrogen and oxygen atoms in total. The Labute approximate surface area is 105 Å². The highest BCUT2D eigenvalue weighted by Crippen LogP contribution is 2.37. The van der Waals surface area contributed by atoms with Gasteiger partial charge in [-0.05, 0) is 12.8 Å². The van der Waals surface area contributed by atoms with Crippen LogP contribution in [0.5, 0.6) is 0 Å². The number of halogens is 2. The van der Waals surface area contributed by atoms with Gasteiger partial charge < -0.3 is 15.3 Å². The van der Waals surface area contributed by atoms with E-state index < -0.39 is 12.0 Å². The van der Waals surface area contributed by atoms with Crippen LogP contribution in [0.25, 0.3) is 0 Å². The third kappa shape index (κ3) is 2.80. The van der Waals surface area contributed by atoms with E-state index in [1.165, 1.54) is 4.90 Å². The number of nitrogens with zero attached hydrogens (tertiary/aromatic N) is 1. The summed E-state index contributed by atoms with van der Waals surface area (Å²) in [5.74, 6) is -3.04. The molecule has 104 valence electrons. The van der Waals surface area contributed by atoms with Crippen molar-refractivity contribution in [1.82, 2.24) is 10.2 Å². The summed E-state index contributed by atoms with van der Waals surface area (Å²) in [6.45, 7) is 1.04. The molecule has 1 amide bonds. The molecule has 0 aromatic rings. The van der Waals surface area contributed by atoms with Gasteiger partial charge in [0.2, 0.25) is 11.8 Å². The second-order valence-corrected chi connectivity index (χ2v) is 5.37. The summed E-state index contributed by atoms with van der Waals surface area (Å²) in [5, 5.41) is 12.7. The molecule has 0 spiro atoms. The lowest BCUT2D eigenvalue weighted by atomic mass is 9.85. The van der Waals surface area contributed by atoms with E-state index in [2.05, 4.69) is 5.32 Å². The fourth-order valence-corrected chi connectivity index (χ4v) is 2.78. The highest BCUT2D eigenvalue weighted by molar-refractivity contribution is 5.79. The fourth-order valence-electron chi connectivity index (χ4n) is 2.78. The quantitative estimate of drug-likeness (QED) is 0.766. The molecule has 0 radical (unpaired) electrons. The molecule has 0 unspecified atom stereocenters. The van der Waals surface area contributed by atoms with Crippen LogP contribution in [0.1, 0.15) is 25.7 Å². The molecule has 18 heavy (non-hydrogen) atoms. The number of carbonyl (C=O) groups excluding carboxylic acids is 1. The molecular formula is C12H20F2N2O2. The number of hydrogen-bond acceptors (Lipinski definition) is 3. The summed E-state index contributed by atoms with van der Waals surface area (Å²) in [5.41, 5.74) is 0. The summed E-state index contributed by atoms with van der Waals surface area (Å²) >= 11 is 0. The van der Waals surface area contributed by atoms with Crippen molar-refractivity contribution in [1.29, 1.82) is 0 Å². The predicted octanol–water partition coefficient (Wildman–Crippen LogP) is 0.603. The van der Waals surface area contributed by atoms with Crippen molar-refractivity contribution < 1.29 is 18.7 Å². The van der Waals surface area contributed by atoms with Crippen LogP contribution in [-0.4, -0.2) is 54.1 Å². The first-order valence-corrected chi connectivity index (χ1v) is 6.44. The molecule has 2 atom stereocenters. The smallest absolute Gasteiger partial charge is 0.248 e. The lowest BCUT2D eigenvalue weighted by Gasteiger charge is -2.33. The molecule has 1 saturated heterocycles. The van der Waals surface area contributed by atoms with Gasteiger partial charge >= 0.3 is 0 Å². The molecule has 2 fully saturated rings. The molecule has 0 bridgehead atoms. The van der Waals surface area contributed by atoms with Crippen LogP contribution in [0.2, 0.25) is 0 Å². The Balaban J connectivity index is 1.91. The van der Waals surface area contributed by atoms with Crippen molar-refractivity contribution in [2.45, 2.75) is 43.8 Å². The van der Waals surface area contributed by atoms with Gasteiger partial charge in [-0.3, -0.25) is 4.79 Å². The van der Waals surface area contributed by atoms with E-state index in [-0.39, 0.29) is 43.6 Å². The maximum absolute atomic E-state index is 13.0. The average Bonchev–Trinajstić information content (AvgIpc) is 2.73. The third-order valence-electron chi connectivity index (χ3n) is 4.06. The van der Waals surface area contributed by atoms with E-state index in [1.807, 2.05) is 0 Å². The second-order valence-electron chi connectivity index (χ2n) is 5.37. The number of amides is 1. The topological polar surface area (TPSA) is 52.6 Å². The Morgan fingerprint density at radius 3 is 2.44 bits per heavy atom. The minimum Gasteiger partial charge on any atom is -0.390 e. The molecule has 1 saturated carbocycles. The van der Waals surface area contributed by atoms with Crippen LogP contribution in [-0.2, 0) is 4.79 Å². The maximum Gasteiger partial charge on any atom is 0.248 e. The van der Waals surface area contributed by atoms with Crippen molar-refractivity contribution in [2.75, 3.05) is 20.1 Å². The van der Waals surface area contributed by atoms with Gasteiger partial charge in [0.25, 0.3) is 0 Å². The number of likely N-dealkylation sites (N-methyl/N-ethyl adjacent to an activating group) is 1. The minimum atomic E-state index is -2.61. The first-order chi connectivity index (χ1) is 8.41. The van der Waals surface area contributed by atoms with Gasteiger partial charge in [0.15, 0.2) is 0 Å². The molecule has 1 aliphatic heterocycles. The molecule has 0 aromatic heterocycles. The van der Waals surface area contributed by atoms with E-state index in [0.717, 1.165) is 0 Å². The van der Waals surface area contributed by atoms with Crippen LogP contribution in [0, 0.1) is 5.92 Å². The first kappa shape index (κ1) is 13.7. The summed E-state index contributed by atoms with van der Waals surface area (Å²) in [6, 6.07) is -0.236. The standard InChI is InChI=1S/C12H20F2N2O2/c1-16(9-6-15-7-10(9)17)11(18)8-2-4-12(13,14)5-3-8/h8-10,15,17H,2-7H2,1H3/t9-,10-/m0/s1. The number of aliphatic hydroxyl groups excluding tert-OH is 1. The zero-order valence-corrected chi connectivity index (χ0v) is 10.5. The van der Waals surface area contributed by atoms with Crippen molar-refractivity contribution in [3.63, 3.8) is 0 Å². The summed E-state index contributed by atoms with van der Waals surface area (Å²) in [7, 11) is 1.65. The Morgan fingerprint density at radius 2 is 1.94 bits per heavy atom. The first-order valence-electron chi connectivity index (χ1n) is 6.44. The zero-order chi connectivity index (χ0) is 13.3. The lowest BCUT2D eigenvalue weighted by molar-refractivity contribution is -0.141. The Kier molecular flexibility index (Phi) is 3.87. The van der Waals surface area contributed by atoms with E-state index in [1.54, 1.807) is 7.05 Å². The van der Waals surface area contributed by atoms with Crippen LogP contribution in [0.3, 0.4) is 0 Å². The van der Waals surface area contributed by atoms with Gasteiger partial charge in [-0.15, -0.1) is 0 Å². The number of β-amino-alcohol motifs (C(OH)–C–C–N with tert-alkyl or cyclic N) is 1. The Morgan fingerprint density at radius 1 is 1.33 bits per heavy atom. The van der Waals surface area contributed by atoms with Crippen LogP contribution in [0.15, 0.2) is 0 Å². The van der Waals surface area contributed by atoms with Crippen molar-refractivity contribution >= 4 is 5.91 Å². The third-order valence-corrected chi connectivity index (χ3v) is 4.06. The van der Waals surface area contributed by atoms with Gasteiger partial charge in [-0.25, -0.2) is 8.78 Å². The summed E-state index contributed by atoms with van der Waals surface area (Å²) < 4.78 is 26.1. The van der Waals surface area contributed by atoms with Gasteiger partial charge in [-0.1, -0.05) is 0 Å². The zero-order valence-electron chi connectivity index (χ0n) is 10.5. The summed E-state index contributed by atoms with van der Waals surface area (Å²) in [6.07, 6.45) is -0.492. The molecule has 1 heterocycles. The number of alkyl halides is 2. The van der Waals surface area contributed by atoms with Gasteiger partial charge in [0.1, 0.15) is 0 Å². The summed E-state index contributed by atoms with van der Waals surface area (Å²) in [4.78, 5) is 13.7. The van der Waals surface area contributed by atoms with Crippen molar-refractivity contribution in [3.05, 3.63) is 0 Å². The number of aliphatic hydroxyl groups is 1. The largest absolute Gasteiger partial charge is 0.390 e. The van der Waals surface area contributed by atoms with Crippen LogP contribution in [0.4, 0.5) is 8.78 Å². The van der Waals surface area contributed by atoms with Crippen molar-refractivity contribution in [2.24, 2.45) is 5.92 Å². The highest BCUT2D eigenvalue weighted by atomic mass is 19.3. The second kappa shape index (κ2) is 5.09. The number of nitrogens with one attached hydrogen (secondary N) is 1. The lowest BCUT2D eigenvalue weighted by Crippen LogP contribution is -2.47. The number of rotatable bonds is 2. The molecule has 0 aromatic carbocycles. The Bertz CT molecular complexity index is 315. The molecule has 6 heteroatoms. The predicted molar refractivity (Wildman–Crippen MR) is 62.3 cm³/mol. The van der Waals surface area contributed by atoms with Crippen LogP contribution >= 0.6 is 0 Å². The fraction of sp³-hybridized carbons (Fsp3) is 0.917. The molecule has 2 aliphatic rings. The monoisotopic (exact) mass is 262 g/mol. The van der Waals surface area contributed by atoms with Gasteiger partial charge in [-0.2, -0.15) is 0 Å². The van der Waals surface area contributed by atoms with Crippen LogP contribution < -0.4 is 5.32 Å².